The van der Waals surface area contributed by atoms with E-state index in [1.54, 1.807) is 0 Å². The van der Waals surface area contributed by atoms with E-state index in [-0.39, 0.29) is 23.1 Å². The average Bonchev–Trinajstić information content (AvgIpc) is 2.37. The van der Waals surface area contributed by atoms with E-state index < -0.39 is 22.0 Å². The fourth-order valence-electron chi connectivity index (χ4n) is 1.57. The summed E-state index contributed by atoms with van der Waals surface area (Å²) >= 11 is 0. The summed E-state index contributed by atoms with van der Waals surface area (Å²) in [5, 5.41) is 9.05. The van der Waals surface area contributed by atoms with Crippen molar-refractivity contribution in [3.8, 4) is 5.88 Å². The van der Waals surface area contributed by atoms with E-state index in [1.165, 1.54) is 19.2 Å². The van der Waals surface area contributed by atoms with Crippen molar-refractivity contribution < 1.29 is 23.1 Å². The minimum absolute atomic E-state index is 0.0489. The van der Waals surface area contributed by atoms with Crippen LogP contribution in [0.5, 0.6) is 5.88 Å². The number of hydrogen-bond donors (Lipinski definition) is 2. The van der Waals surface area contributed by atoms with Crippen LogP contribution in [0.1, 0.15) is 20.3 Å². The van der Waals surface area contributed by atoms with E-state index in [1.807, 2.05) is 13.8 Å². The maximum absolute atomic E-state index is 12.1. The van der Waals surface area contributed by atoms with Crippen LogP contribution in [0.4, 0.5) is 0 Å². The number of nitrogens with zero attached hydrogens (tertiary/aromatic N) is 1. The zero-order valence-corrected chi connectivity index (χ0v) is 12.3. The molecule has 0 aliphatic rings. The molecule has 0 spiro atoms. The number of aromatic nitrogens is 1. The molecule has 1 atom stereocenters. The highest BCUT2D eigenvalue weighted by Gasteiger charge is 2.26. The third kappa shape index (κ3) is 4.46. The third-order valence-electron chi connectivity index (χ3n) is 2.53. The maximum atomic E-state index is 12.1. The van der Waals surface area contributed by atoms with Gasteiger partial charge in [0.05, 0.1) is 13.3 Å². The lowest BCUT2D eigenvalue weighted by Gasteiger charge is -2.16. The number of aliphatic carboxylic acids is 1. The molecule has 1 aromatic rings. The second-order valence-electron chi connectivity index (χ2n) is 4.68. The molecule has 0 unspecified atom stereocenters. The summed E-state index contributed by atoms with van der Waals surface area (Å²) in [6.07, 6.45) is 1.33. The second-order valence-corrected chi connectivity index (χ2v) is 6.39. The summed E-state index contributed by atoms with van der Waals surface area (Å²) in [5.41, 5.74) is 0. The molecule has 8 heteroatoms. The van der Waals surface area contributed by atoms with Crippen molar-refractivity contribution in [2.75, 3.05) is 7.11 Å². The molecule has 0 aliphatic heterocycles. The molecular weight excluding hydrogens is 284 g/mol. The summed E-state index contributed by atoms with van der Waals surface area (Å²) in [4.78, 5) is 14.8. The molecule has 0 fully saturated rings. The highest BCUT2D eigenvalue weighted by molar-refractivity contribution is 7.89. The zero-order chi connectivity index (χ0) is 15.3. The SMILES string of the molecule is COc1ccc(S(=O)(=O)N[C@H](CC(C)C)C(=O)O)cn1. The summed E-state index contributed by atoms with van der Waals surface area (Å²) in [5.74, 6) is -0.877. The summed E-state index contributed by atoms with van der Waals surface area (Å²) < 4.78 is 31.1. The molecule has 0 saturated heterocycles. The molecule has 7 nitrogen and oxygen atoms in total. The van der Waals surface area contributed by atoms with Crippen LogP contribution in [0.3, 0.4) is 0 Å². The van der Waals surface area contributed by atoms with Gasteiger partial charge in [-0.3, -0.25) is 4.79 Å². The Kier molecular flexibility index (Phi) is 5.46. The predicted molar refractivity (Wildman–Crippen MR) is 72.0 cm³/mol. The molecular formula is C12H18N2O5S. The highest BCUT2D eigenvalue weighted by Crippen LogP contribution is 2.14. The van der Waals surface area contributed by atoms with Gasteiger partial charge in [-0.15, -0.1) is 0 Å². The lowest BCUT2D eigenvalue weighted by molar-refractivity contribution is -0.139. The van der Waals surface area contributed by atoms with Gasteiger partial charge in [0.1, 0.15) is 10.9 Å². The topological polar surface area (TPSA) is 106 Å². The first-order chi connectivity index (χ1) is 9.26. The minimum atomic E-state index is -3.92. The molecule has 0 saturated carbocycles. The van der Waals surface area contributed by atoms with Crippen LogP contribution in [0, 0.1) is 5.92 Å². The lowest BCUT2D eigenvalue weighted by Crippen LogP contribution is -2.41. The molecule has 1 aromatic heterocycles. The maximum Gasteiger partial charge on any atom is 0.321 e. The highest BCUT2D eigenvalue weighted by atomic mass is 32.2. The molecule has 2 N–H and O–H groups in total. The summed E-state index contributed by atoms with van der Waals surface area (Å²) in [7, 11) is -2.51. The van der Waals surface area contributed by atoms with E-state index in [9.17, 15) is 13.2 Å². The van der Waals surface area contributed by atoms with Gasteiger partial charge in [0.15, 0.2) is 0 Å². The van der Waals surface area contributed by atoms with Crippen molar-refractivity contribution in [2.24, 2.45) is 5.92 Å². The van der Waals surface area contributed by atoms with Crippen molar-refractivity contribution in [1.82, 2.24) is 9.71 Å². The second kappa shape index (κ2) is 6.67. The first-order valence-corrected chi connectivity index (χ1v) is 7.49. The number of nitrogens with one attached hydrogen (secondary N) is 1. The van der Waals surface area contributed by atoms with Gasteiger partial charge in [-0.05, 0) is 18.4 Å². The minimum Gasteiger partial charge on any atom is -0.481 e. The molecule has 0 bridgehead atoms. The first kappa shape index (κ1) is 16.4. The largest absolute Gasteiger partial charge is 0.481 e. The number of carbonyl (C=O) groups is 1. The van der Waals surface area contributed by atoms with Crippen molar-refractivity contribution in [3.05, 3.63) is 18.3 Å². The monoisotopic (exact) mass is 302 g/mol. The normalized spacial score (nSPS) is 13.2. The molecule has 1 rings (SSSR count). The van der Waals surface area contributed by atoms with Gasteiger partial charge >= 0.3 is 5.97 Å². The molecule has 1 heterocycles. The average molecular weight is 302 g/mol. The van der Waals surface area contributed by atoms with Crippen LogP contribution in [0.25, 0.3) is 0 Å². The van der Waals surface area contributed by atoms with Gasteiger partial charge in [-0.1, -0.05) is 13.8 Å². The fourth-order valence-corrected chi connectivity index (χ4v) is 2.72. The Labute approximate surface area is 118 Å². The van der Waals surface area contributed by atoms with E-state index in [0.29, 0.717) is 0 Å². The summed E-state index contributed by atoms with van der Waals surface area (Å²) in [6, 6.07) is 1.54. The van der Waals surface area contributed by atoms with E-state index >= 15 is 0 Å². The summed E-state index contributed by atoms with van der Waals surface area (Å²) in [6.45, 7) is 3.64. The quantitative estimate of drug-likeness (QED) is 0.774. The van der Waals surface area contributed by atoms with E-state index in [4.69, 9.17) is 9.84 Å². The molecule has 0 amide bonds. The Balaban J connectivity index is 2.93. The number of methoxy groups -OCH3 is 1. The van der Waals surface area contributed by atoms with Crippen molar-refractivity contribution >= 4 is 16.0 Å². The Morgan fingerprint density at radius 1 is 1.45 bits per heavy atom. The standard InChI is InChI=1S/C12H18N2O5S/c1-8(2)6-10(12(15)16)14-20(17,18)9-4-5-11(19-3)13-7-9/h4-5,7-8,10,14H,6H2,1-3H3,(H,15,16)/t10-/m1/s1. The number of carboxylic acid groups (broad SMARTS) is 1. The number of ether oxygens (including phenoxy) is 1. The predicted octanol–water partition coefficient (Wildman–Crippen LogP) is 0.868. The number of pyridine rings is 1. The van der Waals surface area contributed by atoms with Gasteiger partial charge in [0.2, 0.25) is 15.9 Å². The van der Waals surface area contributed by atoms with Crippen LogP contribution >= 0.6 is 0 Å². The van der Waals surface area contributed by atoms with Gasteiger partial charge < -0.3 is 9.84 Å². The van der Waals surface area contributed by atoms with Crippen LogP contribution in [-0.4, -0.2) is 37.6 Å². The number of sulfonamides is 1. The number of carboxylic acids is 1. The Morgan fingerprint density at radius 2 is 2.10 bits per heavy atom. The van der Waals surface area contributed by atoms with Crippen molar-refractivity contribution in [1.29, 1.82) is 0 Å². The lowest BCUT2D eigenvalue weighted by atomic mass is 10.1. The Hall–Kier alpha value is -1.67. The Morgan fingerprint density at radius 3 is 2.50 bits per heavy atom. The van der Waals surface area contributed by atoms with Crippen LogP contribution < -0.4 is 9.46 Å². The molecule has 20 heavy (non-hydrogen) atoms. The van der Waals surface area contributed by atoms with Gasteiger partial charge in [-0.2, -0.15) is 4.72 Å². The molecule has 0 aromatic carbocycles. The van der Waals surface area contributed by atoms with Crippen LogP contribution in [-0.2, 0) is 14.8 Å². The van der Waals surface area contributed by atoms with Gasteiger partial charge in [0.25, 0.3) is 0 Å². The van der Waals surface area contributed by atoms with Crippen molar-refractivity contribution in [2.45, 2.75) is 31.2 Å². The first-order valence-electron chi connectivity index (χ1n) is 6.01. The van der Waals surface area contributed by atoms with Crippen molar-refractivity contribution in [3.63, 3.8) is 0 Å². The number of hydrogen-bond acceptors (Lipinski definition) is 5. The van der Waals surface area contributed by atoms with Gasteiger partial charge in [-0.25, -0.2) is 13.4 Å². The number of rotatable bonds is 7. The van der Waals surface area contributed by atoms with Crippen LogP contribution in [0.15, 0.2) is 23.2 Å². The smallest absolute Gasteiger partial charge is 0.321 e. The zero-order valence-electron chi connectivity index (χ0n) is 11.5. The van der Waals surface area contributed by atoms with E-state index in [2.05, 4.69) is 9.71 Å². The molecule has 0 aliphatic carbocycles. The third-order valence-corrected chi connectivity index (χ3v) is 3.99. The van der Waals surface area contributed by atoms with Gasteiger partial charge in [0, 0.05) is 6.07 Å². The van der Waals surface area contributed by atoms with E-state index in [0.717, 1.165) is 6.20 Å². The Bertz CT molecular complexity index is 554. The molecule has 112 valence electrons. The molecule has 0 radical (unpaired) electrons. The van der Waals surface area contributed by atoms with Crippen LogP contribution in [0.2, 0.25) is 0 Å². The fraction of sp³-hybridized carbons (Fsp3) is 0.500.